The Morgan fingerprint density at radius 1 is 1.42 bits per heavy atom. The van der Waals surface area contributed by atoms with E-state index in [1.807, 2.05) is 6.07 Å². The van der Waals surface area contributed by atoms with Crippen LogP contribution in [0, 0.1) is 11.3 Å². The predicted molar refractivity (Wildman–Crippen MR) is 81.5 cm³/mol. The lowest BCUT2D eigenvalue weighted by Crippen LogP contribution is -2.44. The molecule has 0 aromatic carbocycles. The number of nitrogens with one attached hydrogen (secondary N) is 1. The third kappa shape index (κ3) is 6.60. The molecule has 10 nitrogen and oxygen atoms in total. The molecule has 0 radical (unpaired) electrons. The first-order chi connectivity index (χ1) is 11.3. The van der Waals surface area contributed by atoms with Gasteiger partial charge in [-0.3, -0.25) is 0 Å². The maximum absolute atomic E-state index is 11.8. The molecule has 1 aromatic rings. The van der Waals surface area contributed by atoms with Gasteiger partial charge in [0.25, 0.3) is 0 Å². The Balaban J connectivity index is 2.67. The molecule has 0 aliphatic carbocycles. The summed E-state index contributed by atoms with van der Waals surface area (Å²) in [5.41, 5.74) is -0.674. The zero-order valence-corrected chi connectivity index (χ0v) is 14.3. The minimum absolute atomic E-state index is 0.235. The Morgan fingerprint density at radius 2 is 2.12 bits per heavy atom. The van der Waals surface area contributed by atoms with Gasteiger partial charge >= 0.3 is 12.1 Å². The molecule has 1 unspecified atom stereocenters. The topological polar surface area (TPSA) is 132 Å². The van der Waals surface area contributed by atoms with E-state index in [1.165, 1.54) is 11.8 Å². The maximum atomic E-state index is 11.8. The van der Waals surface area contributed by atoms with Crippen LogP contribution in [0.1, 0.15) is 39.4 Å². The van der Waals surface area contributed by atoms with Crippen molar-refractivity contribution in [3.05, 3.63) is 5.82 Å². The van der Waals surface area contributed by atoms with E-state index in [-0.39, 0.29) is 12.8 Å². The first-order valence-electron chi connectivity index (χ1n) is 7.46. The fourth-order valence-electron chi connectivity index (χ4n) is 1.85. The zero-order valence-electron chi connectivity index (χ0n) is 14.3. The summed E-state index contributed by atoms with van der Waals surface area (Å²) in [5.74, 6) is -0.0675. The number of ether oxygens (including phenoxy) is 2. The summed E-state index contributed by atoms with van der Waals surface area (Å²) in [7, 11) is 1.24. The van der Waals surface area contributed by atoms with Crippen LogP contribution in [0.15, 0.2) is 0 Å². The summed E-state index contributed by atoms with van der Waals surface area (Å²) in [6, 6.07) is 1.13. The van der Waals surface area contributed by atoms with Gasteiger partial charge in [-0.15, -0.1) is 5.10 Å². The lowest BCUT2D eigenvalue weighted by atomic mass is 10.1. The molecule has 0 fully saturated rings. The second kappa shape index (κ2) is 8.81. The number of aryl methyl sites for hydroxylation is 2. The number of hydrogen-bond donors (Lipinski definition) is 1. The van der Waals surface area contributed by atoms with Crippen LogP contribution >= 0.6 is 0 Å². The smallest absolute Gasteiger partial charge is 0.408 e. The molecule has 1 atom stereocenters. The standard InChI is InChI=1S/C14H22N6O4/c1-14(2,3)24-13(22)16-10(12(21)23-4)6-7-11-17-18-19-20(11)9-5-8-15/h10H,5-7,9H2,1-4H3,(H,16,22). The van der Waals surface area contributed by atoms with Gasteiger partial charge in [-0.05, 0) is 37.6 Å². The average Bonchev–Trinajstić information content (AvgIpc) is 2.94. The lowest BCUT2D eigenvalue weighted by Gasteiger charge is -2.22. The lowest BCUT2D eigenvalue weighted by molar-refractivity contribution is -0.143. The molecular weight excluding hydrogens is 316 g/mol. The van der Waals surface area contributed by atoms with Crippen molar-refractivity contribution in [2.24, 2.45) is 0 Å². The highest BCUT2D eigenvalue weighted by Gasteiger charge is 2.25. The van der Waals surface area contributed by atoms with Gasteiger partial charge in [0.15, 0.2) is 5.82 Å². The van der Waals surface area contributed by atoms with Crippen LogP contribution < -0.4 is 5.32 Å². The van der Waals surface area contributed by atoms with Crippen molar-refractivity contribution in [1.82, 2.24) is 25.5 Å². The molecule has 10 heteroatoms. The van der Waals surface area contributed by atoms with Crippen LogP contribution in [0.2, 0.25) is 0 Å². The van der Waals surface area contributed by atoms with Gasteiger partial charge in [0.1, 0.15) is 11.6 Å². The Kier molecular flexibility index (Phi) is 7.10. The Bertz CT molecular complexity index is 601. The highest BCUT2D eigenvalue weighted by atomic mass is 16.6. The summed E-state index contributed by atoms with van der Waals surface area (Å²) in [4.78, 5) is 23.7. The molecule has 1 aromatic heterocycles. The summed E-state index contributed by atoms with van der Waals surface area (Å²) >= 11 is 0. The van der Waals surface area contributed by atoms with Gasteiger partial charge in [-0.25, -0.2) is 14.3 Å². The van der Waals surface area contributed by atoms with E-state index in [4.69, 9.17) is 14.7 Å². The summed E-state index contributed by atoms with van der Waals surface area (Å²) in [6.07, 6.45) is 0.128. The summed E-state index contributed by atoms with van der Waals surface area (Å²) in [6.45, 7) is 5.54. The highest BCUT2D eigenvalue weighted by molar-refractivity contribution is 5.81. The number of carbonyl (C=O) groups excluding carboxylic acids is 2. The minimum atomic E-state index is -0.883. The first-order valence-corrected chi connectivity index (χ1v) is 7.46. The number of nitrogens with zero attached hydrogens (tertiary/aromatic N) is 5. The number of aromatic nitrogens is 4. The van der Waals surface area contributed by atoms with Crippen LogP contribution in [-0.4, -0.2) is 51.0 Å². The predicted octanol–water partition coefficient (Wildman–Crippen LogP) is 0.586. The van der Waals surface area contributed by atoms with Crippen molar-refractivity contribution in [3.8, 4) is 6.07 Å². The van der Waals surface area contributed by atoms with E-state index in [0.717, 1.165) is 0 Å². The Morgan fingerprint density at radius 3 is 2.71 bits per heavy atom. The number of amides is 1. The van der Waals surface area contributed by atoms with Crippen molar-refractivity contribution in [2.45, 2.75) is 58.2 Å². The van der Waals surface area contributed by atoms with E-state index < -0.39 is 23.7 Å². The molecule has 1 N–H and O–H groups in total. The molecule has 1 heterocycles. The maximum Gasteiger partial charge on any atom is 0.408 e. The van der Waals surface area contributed by atoms with Crippen LogP contribution in [0.5, 0.6) is 0 Å². The summed E-state index contributed by atoms with van der Waals surface area (Å²) < 4.78 is 11.3. The molecule has 1 amide bonds. The third-order valence-corrected chi connectivity index (χ3v) is 2.87. The number of hydrogen-bond acceptors (Lipinski definition) is 8. The fraction of sp³-hybridized carbons (Fsp3) is 0.714. The van der Waals surface area contributed by atoms with Crippen molar-refractivity contribution in [1.29, 1.82) is 5.26 Å². The van der Waals surface area contributed by atoms with Gasteiger partial charge < -0.3 is 14.8 Å². The molecule has 0 saturated carbocycles. The molecule has 0 spiro atoms. The van der Waals surface area contributed by atoms with Crippen LogP contribution in [0.4, 0.5) is 4.79 Å². The molecular formula is C14H22N6O4. The second-order valence-electron chi connectivity index (χ2n) is 5.99. The number of rotatable bonds is 7. The highest BCUT2D eigenvalue weighted by Crippen LogP contribution is 2.09. The SMILES string of the molecule is COC(=O)C(CCc1nnnn1CCC#N)NC(=O)OC(C)(C)C. The quantitative estimate of drug-likeness (QED) is 0.714. The van der Waals surface area contributed by atoms with E-state index in [0.29, 0.717) is 18.8 Å². The van der Waals surface area contributed by atoms with E-state index in [9.17, 15) is 9.59 Å². The summed E-state index contributed by atoms with van der Waals surface area (Å²) in [5, 5.41) is 22.3. The third-order valence-electron chi connectivity index (χ3n) is 2.87. The molecule has 0 bridgehead atoms. The molecule has 132 valence electrons. The van der Waals surface area contributed by atoms with Crippen molar-refractivity contribution in [2.75, 3.05) is 7.11 Å². The Labute approximate surface area is 140 Å². The van der Waals surface area contributed by atoms with Crippen LogP contribution in [0.25, 0.3) is 0 Å². The monoisotopic (exact) mass is 338 g/mol. The van der Waals surface area contributed by atoms with Crippen molar-refractivity contribution >= 4 is 12.1 Å². The number of methoxy groups -OCH3 is 1. The normalized spacial score (nSPS) is 12.1. The second-order valence-corrected chi connectivity index (χ2v) is 5.99. The number of carbonyl (C=O) groups is 2. The van der Waals surface area contributed by atoms with E-state index in [2.05, 4.69) is 20.8 Å². The van der Waals surface area contributed by atoms with E-state index in [1.54, 1.807) is 20.8 Å². The molecule has 1 rings (SSSR count). The number of nitriles is 1. The van der Waals surface area contributed by atoms with Crippen molar-refractivity contribution in [3.63, 3.8) is 0 Å². The van der Waals surface area contributed by atoms with Gasteiger partial charge in [-0.2, -0.15) is 5.26 Å². The largest absolute Gasteiger partial charge is 0.467 e. The number of esters is 1. The van der Waals surface area contributed by atoms with Crippen LogP contribution in [-0.2, 0) is 27.2 Å². The van der Waals surface area contributed by atoms with Gasteiger partial charge in [0, 0.05) is 6.42 Å². The fourth-order valence-corrected chi connectivity index (χ4v) is 1.85. The number of alkyl carbamates (subject to hydrolysis) is 1. The molecule has 24 heavy (non-hydrogen) atoms. The minimum Gasteiger partial charge on any atom is -0.467 e. The molecule has 0 aliphatic heterocycles. The average molecular weight is 338 g/mol. The van der Waals surface area contributed by atoms with Gasteiger partial charge in [0.2, 0.25) is 0 Å². The number of tetrazole rings is 1. The Hall–Kier alpha value is -2.70. The van der Waals surface area contributed by atoms with E-state index >= 15 is 0 Å². The first kappa shape index (κ1) is 19.3. The zero-order chi connectivity index (χ0) is 18.2. The van der Waals surface area contributed by atoms with Gasteiger partial charge in [0.05, 0.1) is 26.1 Å². The van der Waals surface area contributed by atoms with Crippen molar-refractivity contribution < 1.29 is 19.1 Å². The van der Waals surface area contributed by atoms with Gasteiger partial charge in [-0.1, -0.05) is 0 Å². The molecule has 0 saturated heterocycles. The van der Waals surface area contributed by atoms with Crippen LogP contribution in [0.3, 0.4) is 0 Å². The molecule has 0 aliphatic rings.